The molecule has 0 fully saturated rings. The van der Waals surface area contributed by atoms with Crippen LogP contribution in [0.15, 0.2) is 33.8 Å². The quantitative estimate of drug-likeness (QED) is 0.587. The Kier molecular flexibility index (Phi) is 4.55. The van der Waals surface area contributed by atoms with E-state index in [1.165, 1.54) is 38.5 Å². The molecule has 0 radical (unpaired) electrons. The molecule has 0 spiro atoms. The van der Waals surface area contributed by atoms with Crippen molar-refractivity contribution in [3.63, 3.8) is 0 Å². The first-order valence-corrected chi connectivity index (χ1v) is 8.01. The Bertz CT molecular complexity index is 371. The second kappa shape index (κ2) is 5.95. The van der Waals surface area contributed by atoms with Crippen molar-refractivity contribution in [1.29, 1.82) is 0 Å². The van der Waals surface area contributed by atoms with Gasteiger partial charge in [-0.3, -0.25) is 0 Å². The number of fused-ring (bicyclic) bond motifs is 1. The van der Waals surface area contributed by atoms with Crippen LogP contribution in [0.3, 0.4) is 0 Å². The van der Waals surface area contributed by atoms with Gasteiger partial charge in [-0.15, -0.1) is 11.8 Å². The van der Waals surface area contributed by atoms with Crippen molar-refractivity contribution in [1.82, 2.24) is 0 Å². The van der Waals surface area contributed by atoms with Crippen LogP contribution >= 0.6 is 11.8 Å². The maximum atomic E-state index is 2.36. The van der Waals surface area contributed by atoms with Crippen LogP contribution in [-0.4, -0.2) is 5.25 Å². The molecule has 0 aromatic carbocycles. The van der Waals surface area contributed by atoms with Gasteiger partial charge in [0.15, 0.2) is 0 Å². The number of thioether (sulfide) groups is 1. The molecule has 0 N–H and O–H groups in total. The van der Waals surface area contributed by atoms with Crippen LogP contribution in [0.4, 0.5) is 0 Å². The van der Waals surface area contributed by atoms with Crippen LogP contribution in [0.2, 0.25) is 0 Å². The highest BCUT2D eigenvalue weighted by Crippen LogP contribution is 2.51. The summed E-state index contributed by atoms with van der Waals surface area (Å²) in [5.74, 6) is 0. The van der Waals surface area contributed by atoms with E-state index >= 15 is 0 Å². The summed E-state index contributed by atoms with van der Waals surface area (Å²) in [6, 6.07) is 0. The molecule has 0 aromatic rings. The molecule has 2 rings (SSSR count). The summed E-state index contributed by atoms with van der Waals surface area (Å²) in [6.45, 7) is 6.89. The Morgan fingerprint density at radius 1 is 1.00 bits per heavy atom. The molecule has 0 saturated carbocycles. The molecular formula is C16H24S. The highest BCUT2D eigenvalue weighted by molar-refractivity contribution is 8.04. The van der Waals surface area contributed by atoms with E-state index in [1.807, 2.05) is 0 Å². The first kappa shape index (κ1) is 13.0. The summed E-state index contributed by atoms with van der Waals surface area (Å²) >= 11 is 2.12. The van der Waals surface area contributed by atoms with E-state index in [0.29, 0.717) is 0 Å². The smallest absolute Gasteiger partial charge is 0.0313 e. The molecule has 0 bridgehead atoms. The van der Waals surface area contributed by atoms with Crippen LogP contribution in [-0.2, 0) is 0 Å². The summed E-state index contributed by atoms with van der Waals surface area (Å²) in [5, 5.41) is 0.779. The van der Waals surface area contributed by atoms with E-state index in [1.54, 1.807) is 21.6 Å². The predicted molar refractivity (Wildman–Crippen MR) is 79.3 cm³/mol. The fourth-order valence-corrected chi connectivity index (χ4v) is 4.44. The van der Waals surface area contributed by atoms with E-state index in [2.05, 4.69) is 44.7 Å². The lowest BCUT2D eigenvalue weighted by molar-refractivity contribution is 0.756. The lowest BCUT2D eigenvalue weighted by atomic mass is 9.93. The van der Waals surface area contributed by atoms with Gasteiger partial charge < -0.3 is 0 Å². The van der Waals surface area contributed by atoms with E-state index < -0.39 is 0 Å². The molecular weight excluding hydrogens is 224 g/mol. The fraction of sp³-hybridized carbons (Fsp3) is 0.625. The molecule has 94 valence electrons. The highest BCUT2D eigenvalue weighted by Gasteiger charge is 2.32. The topological polar surface area (TPSA) is 0 Å². The predicted octanol–water partition coefficient (Wildman–Crippen LogP) is 5.62. The van der Waals surface area contributed by atoms with Gasteiger partial charge in [-0.2, -0.15) is 0 Å². The largest absolute Gasteiger partial charge is 0.118 e. The molecule has 1 heteroatoms. The monoisotopic (exact) mass is 248 g/mol. The first-order chi connectivity index (χ1) is 8.31. The van der Waals surface area contributed by atoms with Crippen molar-refractivity contribution in [3.8, 4) is 0 Å². The summed E-state index contributed by atoms with van der Waals surface area (Å²) in [5.41, 5.74) is 5.01. The molecule has 1 aliphatic carbocycles. The molecule has 0 saturated heterocycles. The van der Waals surface area contributed by atoms with Crippen molar-refractivity contribution in [2.24, 2.45) is 0 Å². The molecule has 0 aromatic heterocycles. The zero-order valence-electron chi connectivity index (χ0n) is 11.4. The maximum Gasteiger partial charge on any atom is 0.0313 e. The Labute approximate surface area is 110 Å². The normalized spacial score (nSPS) is 22.9. The lowest BCUT2D eigenvalue weighted by Gasteiger charge is -2.14. The van der Waals surface area contributed by atoms with Crippen molar-refractivity contribution >= 4 is 11.8 Å². The zero-order chi connectivity index (χ0) is 12.3. The van der Waals surface area contributed by atoms with Crippen molar-refractivity contribution in [2.45, 2.75) is 64.5 Å². The molecule has 1 unspecified atom stereocenters. The lowest BCUT2D eigenvalue weighted by Crippen LogP contribution is -2.03. The van der Waals surface area contributed by atoms with Gasteiger partial charge in [0.2, 0.25) is 0 Å². The Hall–Kier alpha value is -0.430. The second-order valence-corrected chi connectivity index (χ2v) is 6.26. The number of allylic oxidation sites excluding steroid dienone is 4. The average molecular weight is 248 g/mol. The van der Waals surface area contributed by atoms with Gasteiger partial charge >= 0.3 is 0 Å². The van der Waals surface area contributed by atoms with E-state index in [9.17, 15) is 0 Å². The van der Waals surface area contributed by atoms with Crippen molar-refractivity contribution < 1.29 is 0 Å². The van der Waals surface area contributed by atoms with Gasteiger partial charge in [-0.05, 0) is 42.1 Å². The minimum absolute atomic E-state index is 0.779. The SMILES string of the molecule is CCCC1=CC=C2SC(CCC)C(CCC)=C12. The maximum absolute atomic E-state index is 2.36. The average Bonchev–Trinajstić information content (AvgIpc) is 2.83. The third kappa shape index (κ3) is 2.54. The molecule has 0 amide bonds. The second-order valence-electron chi connectivity index (χ2n) is 5.02. The fourth-order valence-electron chi connectivity index (χ4n) is 2.88. The molecule has 1 atom stereocenters. The third-order valence-corrected chi connectivity index (χ3v) is 4.97. The first-order valence-electron chi connectivity index (χ1n) is 7.13. The van der Waals surface area contributed by atoms with Crippen LogP contribution in [0.5, 0.6) is 0 Å². The van der Waals surface area contributed by atoms with Gasteiger partial charge in [0.25, 0.3) is 0 Å². The molecule has 2 aliphatic rings. The summed E-state index contributed by atoms with van der Waals surface area (Å²) in [4.78, 5) is 1.57. The third-order valence-electron chi connectivity index (χ3n) is 3.57. The highest BCUT2D eigenvalue weighted by atomic mass is 32.2. The summed E-state index contributed by atoms with van der Waals surface area (Å²) < 4.78 is 0. The molecule has 17 heavy (non-hydrogen) atoms. The molecule has 1 aliphatic heterocycles. The van der Waals surface area contributed by atoms with Gasteiger partial charge in [-0.25, -0.2) is 0 Å². The number of hydrogen-bond acceptors (Lipinski definition) is 1. The number of rotatable bonds is 6. The van der Waals surface area contributed by atoms with E-state index in [0.717, 1.165) is 5.25 Å². The van der Waals surface area contributed by atoms with Crippen LogP contribution < -0.4 is 0 Å². The van der Waals surface area contributed by atoms with Crippen LogP contribution in [0, 0.1) is 0 Å². The van der Waals surface area contributed by atoms with E-state index in [4.69, 9.17) is 0 Å². The van der Waals surface area contributed by atoms with Gasteiger partial charge in [0.1, 0.15) is 0 Å². The van der Waals surface area contributed by atoms with Gasteiger partial charge in [0, 0.05) is 10.2 Å². The van der Waals surface area contributed by atoms with Crippen molar-refractivity contribution in [3.05, 3.63) is 33.8 Å². The standard InChI is InChI=1S/C16H24S/c1-4-7-12-10-11-15-16(12)13(8-5-2)14(17-15)9-6-3/h10-11,14H,4-9H2,1-3H3. The Balaban J connectivity index is 2.25. The number of hydrogen-bond donors (Lipinski definition) is 0. The zero-order valence-corrected chi connectivity index (χ0v) is 12.2. The Morgan fingerprint density at radius 2 is 1.76 bits per heavy atom. The van der Waals surface area contributed by atoms with Crippen LogP contribution in [0.1, 0.15) is 59.3 Å². The molecule has 0 nitrogen and oxygen atoms in total. The minimum Gasteiger partial charge on any atom is -0.118 e. The van der Waals surface area contributed by atoms with E-state index in [-0.39, 0.29) is 0 Å². The van der Waals surface area contributed by atoms with Crippen LogP contribution in [0.25, 0.3) is 0 Å². The summed E-state index contributed by atoms with van der Waals surface area (Å²) in [7, 11) is 0. The molecule has 1 heterocycles. The Morgan fingerprint density at radius 3 is 2.41 bits per heavy atom. The minimum atomic E-state index is 0.779. The van der Waals surface area contributed by atoms with Gasteiger partial charge in [0.05, 0.1) is 0 Å². The summed E-state index contributed by atoms with van der Waals surface area (Å²) in [6.07, 6.45) is 12.5. The van der Waals surface area contributed by atoms with Gasteiger partial charge in [-0.1, -0.05) is 46.1 Å². The van der Waals surface area contributed by atoms with Crippen molar-refractivity contribution in [2.75, 3.05) is 0 Å².